The van der Waals surface area contributed by atoms with E-state index in [-0.39, 0.29) is 19.8 Å². The Kier molecular flexibility index (Phi) is 13.9. The van der Waals surface area contributed by atoms with Gasteiger partial charge in [0.05, 0.1) is 46.2 Å². The van der Waals surface area contributed by atoms with E-state index in [2.05, 4.69) is 13.6 Å². The van der Waals surface area contributed by atoms with Gasteiger partial charge in [0.25, 0.3) is 0 Å². The SMILES string of the molecule is COCCOCCOCC(=O)NC(COP(=O)(O)O)(COP(=O)(O)O)COP(=O)(O)O. The summed E-state index contributed by atoms with van der Waals surface area (Å²) >= 11 is 0. The highest BCUT2D eigenvalue weighted by Gasteiger charge is 2.40. The number of rotatable bonds is 18. The monoisotopic (exact) mass is 521 g/mol. The Hall–Kier alpha value is -0.320. The summed E-state index contributed by atoms with van der Waals surface area (Å²) in [5.41, 5.74) is -2.33. The van der Waals surface area contributed by atoms with Crippen LogP contribution in [-0.4, -0.2) is 101 Å². The zero-order chi connectivity index (χ0) is 24.2. The van der Waals surface area contributed by atoms with Crippen LogP contribution in [0.25, 0.3) is 0 Å². The van der Waals surface area contributed by atoms with Gasteiger partial charge in [-0.3, -0.25) is 18.4 Å². The molecule has 0 aliphatic carbocycles. The van der Waals surface area contributed by atoms with Gasteiger partial charge in [0.15, 0.2) is 0 Å². The summed E-state index contributed by atoms with van der Waals surface area (Å²) in [7, 11) is -14.1. The average Bonchev–Trinajstić information content (AvgIpc) is 2.60. The first-order valence-corrected chi connectivity index (χ1v) is 12.7. The molecule has 0 aromatic heterocycles. The van der Waals surface area contributed by atoms with E-state index < -0.39 is 61.3 Å². The fourth-order valence-corrected chi connectivity index (χ4v) is 2.96. The average molecular weight is 521 g/mol. The Morgan fingerprint density at radius 1 is 0.742 bits per heavy atom. The molecule has 0 bridgehead atoms. The molecule has 0 unspecified atom stereocenters. The van der Waals surface area contributed by atoms with Gasteiger partial charge in [-0.25, -0.2) is 13.7 Å². The zero-order valence-corrected chi connectivity index (χ0v) is 18.9. The number of phosphoric ester groups is 3. The predicted molar refractivity (Wildman–Crippen MR) is 98.4 cm³/mol. The van der Waals surface area contributed by atoms with E-state index >= 15 is 0 Å². The predicted octanol–water partition coefficient (Wildman–Crippen LogP) is -2.15. The molecule has 20 heteroatoms. The van der Waals surface area contributed by atoms with Crippen LogP contribution < -0.4 is 5.32 Å². The lowest BCUT2D eigenvalue weighted by Gasteiger charge is -2.33. The number of phosphoric acid groups is 3. The summed E-state index contributed by atoms with van der Waals surface area (Å²) in [6.45, 7) is -3.64. The lowest BCUT2D eigenvalue weighted by molar-refractivity contribution is -0.130. The van der Waals surface area contributed by atoms with Gasteiger partial charge in [-0.2, -0.15) is 0 Å². The standard InChI is InChI=1S/C11H26NO16P3/c1-23-2-3-24-4-5-25-6-10(13)12-11(7-26-29(14,15)16,8-27-30(17,18)19)9-28-31(20,21)22/h2-9H2,1H3,(H,12,13)(H2,14,15,16)(H2,17,18,19)(H2,20,21,22). The van der Waals surface area contributed by atoms with Gasteiger partial charge in [-0.05, 0) is 0 Å². The van der Waals surface area contributed by atoms with Gasteiger partial charge in [-0.1, -0.05) is 0 Å². The summed E-state index contributed by atoms with van der Waals surface area (Å²) in [4.78, 5) is 65.4. The quantitative estimate of drug-likeness (QED) is 0.0749. The molecule has 0 aliphatic rings. The Morgan fingerprint density at radius 3 is 1.52 bits per heavy atom. The summed E-state index contributed by atoms with van der Waals surface area (Å²) in [6.07, 6.45) is 0. The number of ether oxygens (including phenoxy) is 3. The van der Waals surface area contributed by atoms with Crippen LogP contribution in [0.4, 0.5) is 0 Å². The molecule has 0 aliphatic heterocycles. The van der Waals surface area contributed by atoms with Crippen LogP contribution in [0, 0.1) is 0 Å². The van der Waals surface area contributed by atoms with Gasteiger partial charge in [0, 0.05) is 7.11 Å². The van der Waals surface area contributed by atoms with E-state index in [4.69, 9.17) is 43.6 Å². The molecule has 0 atom stereocenters. The molecule has 0 fully saturated rings. The normalized spacial score (nSPS) is 13.4. The molecule has 0 aromatic rings. The number of nitrogens with one attached hydrogen (secondary N) is 1. The molecule has 7 N–H and O–H groups in total. The first kappa shape index (κ1) is 30.7. The lowest BCUT2D eigenvalue weighted by Crippen LogP contribution is -2.58. The number of hydrogen-bond acceptors (Lipinski definition) is 10. The van der Waals surface area contributed by atoms with Crippen molar-refractivity contribution in [1.82, 2.24) is 5.32 Å². The maximum absolute atomic E-state index is 12.1. The number of methoxy groups -OCH3 is 1. The largest absolute Gasteiger partial charge is 0.469 e. The van der Waals surface area contributed by atoms with E-state index in [0.29, 0.717) is 6.61 Å². The van der Waals surface area contributed by atoms with Crippen molar-refractivity contribution in [2.24, 2.45) is 0 Å². The minimum Gasteiger partial charge on any atom is -0.382 e. The van der Waals surface area contributed by atoms with Crippen molar-refractivity contribution in [3.8, 4) is 0 Å². The number of amides is 1. The number of carbonyl (C=O) groups is 1. The molecule has 0 aromatic carbocycles. The van der Waals surface area contributed by atoms with E-state index in [0.717, 1.165) is 0 Å². The molecular formula is C11H26NO16P3. The van der Waals surface area contributed by atoms with Crippen molar-refractivity contribution in [2.45, 2.75) is 5.54 Å². The van der Waals surface area contributed by atoms with E-state index in [1.165, 1.54) is 7.11 Å². The molecule has 17 nitrogen and oxygen atoms in total. The fourth-order valence-electron chi connectivity index (χ4n) is 1.72. The van der Waals surface area contributed by atoms with Crippen molar-refractivity contribution >= 4 is 29.4 Å². The van der Waals surface area contributed by atoms with Crippen molar-refractivity contribution in [1.29, 1.82) is 0 Å². The van der Waals surface area contributed by atoms with Crippen LogP contribution in [0.5, 0.6) is 0 Å². The second-order valence-corrected chi connectivity index (χ2v) is 9.50. The van der Waals surface area contributed by atoms with Crippen molar-refractivity contribution in [2.75, 3.05) is 60.0 Å². The second kappa shape index (κ2) is 14.1. The molecule has 0 radical (unpaired) electrons. The van der Waals surface area contributed by atoms with Gasteiger partial charge in [-0.15, -0.1) is 0 Å². The second-order valence-electron chi connectivity index (χ2n) is 5.78. The fraction of sp³-hybridized carbons (Fsp3) is 0.909. The minimum absolute atomic E-state index is 0.0545. The first-order chi connectivity index (χ1) is 14.1. The molecular weight excluding hydrogens is 495 g/mol. The van der Waals surface area contributed by atoms with Crippen LogP contribution >= 0.6 is 23.5 Å². The third-order valence-electron chi connectivity index (χ3n) is 2.97. The minimum atomic E-state index is -5.18. The maximum Gasteiger partial charge on any atom is 0.469 e. The van der Waals surface area contributed by atoms with Gasteiger partial charge < -0.3 is 48.9 Å². The first-order valence-electron chi connectivity index (χ1n) is 8.13. The third-order valence-corrected chi connectivity index (χ3v) is 4.36. The number of carbonyl (C=O) groups excluding carboxylic acids is 1. The Balaban J connectivity index is 5.19. The van der Waals surface area contributed by atoms with Crippen molar-refractivity contribution < 1.29 is 75.6 Å². The van der Waals surface area contributed by atoms with Crippen molar-refractivity contribution in [3.63, 3.8) is 0 Å². The van der Waals surface area contributed by atoms with Crippen molar-refractivity contribution in [3.05, 3.63) is 0 Å². The number of hydrogen-bond donors (Lipinski definition) is 7. The smallest absolute Gasteiger partial charge is 0.382 e. The summed E-state index contributed by atoms with van der Waals surface area (Å²) < 4.78 is 60.5. The summed E-state index contributed by atoms with van der Waals surface area (Å²) in [5.74, 6) is -1.02. The summed E-state index contributed by atoms with van der Waals surface area (Å²) in [6, 6.07) is 0. The molecule has 0 spiro atoms. The highest BCUT2D eigenvalue weighted by atomic mass is 31.2. The van der Waals surface area contributed by atoms with Crippen LogP contribution in [0.15, 0.2) is 0 Å². The zero-order valence-electron chi connectivity index (χ0n) is 16.3. The van der Waals surface area contributed by atoms with Crippen LogP contribution in [-0.2, 0) is 46.3 Å². The summed E-state index contributed by atoms with van der Waals surface area (Å²) in [5, 5.41) is 2.03. The van der Waals surface area contributed by atoms with Gasteiger partial charge >= 0.3 is 23.5 Å². The lowest BCUT2D eigenvalue weighted by atomic mass is 10.0. The molecule has 0 saturated carbocycles. The molecule has 0 heterocycles. The van der Waals surface area contributed by atoms with Gasteiger partial charge in [0.2, 0.25) is 5.91 Å². The third kappa shape index (κ3) is 18.9. The maximum atomic E-state index is 12.1. The van der Waals surface area contributed by atoms with E-state index in [9.17, 15) is 18.5 Å². The highest BCUT2D eigenvalue weighted by Crippen LogP contribution is 2.42. The van der Waals surface area contributed by atoms with E-state index in [1.807, 2.05) is 5.32 Å². The molecule has 0 rings (SSSR count). The molecule has 0 saturated heterocycles. The Bertz CT molecular complexity index is 605. The van der Waals surface area contributed by atoms with E-state index in [1.54, 1.807) is 0 Å². The Morgan fingerprint density at radius 2 is 1.13 bits per heavy atom. The van der Waals surface area contributed by atoms with Crippen LogP contribution in [0.1, 0.15) is 0 Å². The highest BCUT2D eigenvalue weighted by molar-refractivity contribution is 7.46. The van der Waals surface area contributed by atoms with Gasteiger partial charge in [0.1, 0.15) is 12.1 Å². The molecule has 1 amide bonds. The van der Waals surface area contributed by atoms with Crippen LogP contribution in [0.3, 0.4) is 0 Å². The molecule has 186 valence electrons. The molecule has 31 heavy (non-hydrogen) atoms. The van der Waals surface area contributed by atoms with Crippen LogP contribution in [0.2, 0.25) is 0 Å². The Labute approximate surface area is 176 Å². The topological polar surface area (TPSA) is 257 Å².